The molecule has 2 heterocycles. The highest BCUT2D eigenvalue weighted by Gasteiger charge is 2.29. The Morgan fingerprint density at radius 2 is 2.08 bits per heavy atom. The number of hydrogen-bond donors (Lipinski definition) is 1. The average molecular weight is 339 g/mol. The van der Waals surface area contributed by atoms with E-state index in [0.29, 0.717) is 19.1 Å². The fourth-order valence-corrected chi connectivity index (χ4v) is 3.49. The van der Waals surface area contributed by atoms with E-state index in [1.54, 1.807) is 6.20 Å². The van der Waals surface area contributed by atoms with Gasteiger partial charge in [-0.1, -0.05) is 18.2 Å². The fraction of sp³-hybridized carbons (Fsp3) is 0.474. The SMILES string of the molecule is C[C@@H](C1CC1)n1cc(NC(=O)N2CCN(C)c3ccccc3C2)cn1. The van der Waals surface area contributed by atoms with Gasteiger partial charge in [-0.25, -0.2) is 4.79 Å². The van der Waals surface area contributed by atoms with Crippen LogP contribution in [-0.2, 0) is 6.54 Å². The van der Waals surface area contributed by atoms with Crippen LogP contribution in [0.3, 0.4) is 0 Å². The maximum absolute atomic E-state index is 12.7. The first-order valence-electron chi connectivity index (χ1n) is 9.01. The van der Waals surface area contributed by atoms with Crippen molar-refractivity contribution >= 4 is 17.4 Å². The van der Waals surface area contributed by atoms with Gasteiger partial charge in [-0.15, -0.1) is 0 Å². The molecular formula is C19H25N5O. The predicted molar refractivity (Wildman–Crippen MR) is 98.8 cm³/mol. The van der Waals surface area contributed by atoms with Crippen LogP contribution in [-0.4, -0.2) is 40.8 Å². The van der Waals surface area contributed by atoms with Crippen LogP contribution in [0.1, 0.15) is 31.4 Å². The van der Waals surface area contributed by atoms with Crippen molar-refractivity contribution in [3.05, 3.63) is 42.2 Å². The van der Waals surface area contributed by atoms with Crippen LogP contribution in [0.15, 0.2) is 36.7 Å². The first-order valence-corrected chi connectivity index (χ1v) is 9.01. The maximum atomic E-state index is 12.7. The topological polar surface area (TPSA) is 53.4 Å². The summed E-state index contributed by atoms with van der Waals surface area (Å²) in [6, 6.07) is 8.61. The monoisotopic (exact) mass is 339 g/mol. The minimum Gasteiger partial charge on any atom is -0.373 e. The van der Waals surface area contributed by atoms with Crippen LogP contribution in [0.5, 0.6) is 0 Å². The van der Waals surface area contributed by atoms with Crippen LogP contribution < -0.4 is 10.2 Å². The summed E-state index contributed by atoms with van der Waals surface area (Å²) in [5.41, 5.74) is 3.14. The molecule has 2 aliphatic rings. The first kappa shape index (κ1) is 16.0. The van der Waals surface area contributed by atoms with Gasteiger partial charge in [-0.2, -0.15) is 5.10 Å². The van der Waals surface area contributed by atoms with Crippen LogP contribution in [0, 0.1) is 5.92 Å². The minimum atomic E-state index is -0.0660. The molecule has 1 N–H and O–H groups in total. The number of nitrogens with one attached hydrogen (secondary N) is 1. The highest BCUT2D eigenvalue weighted by Crippen LogP contribution is 2.39. The molecule has 1 aliphatic carbocycles. The Labute approximate surface area is 148 Å². The minimum absolute atomic E-state index is 0.0660. The molecule has 2 amide bonds. The van der Waals surface area contributed by atoms with E-state index < -0.39 is 0 Å². The Bertz CT molecular complexity index is 767. The van der Waals surface area contributed by atoms with Gasteiger partial charge in [0.05, 0.1) is 17.9 Å². The smallest absolute Gasteiger partial charge is 0.322 e. The average Bonchev–Trinajstić information content (AvgIpc) is 3.39. The Kier molecular flexibility index (Phi) is 4.11. The molecular weight excluding hydrogens is 314 g/mol. The molecule has 6 heteroatoms. The van der Waals surface area contributed by atoms with Crippen LogP contribution >= 0.6 is 0 Å². The molecule has 6 nitrogen and oxygen atoms in total. The zero-order valence-electron chi connectivity index (χ0n) is 14.9. The quantitative estimate of drug-likeness (QED) is 0.933. The second-order valence-corrected chi connectivity index (χ2v) is 7.19. The number of benzene rings is 1. The lowest BCUT2D eigenvalue weighted by Gasteiger charge is -2.21. The number of urea groups is 1. The molecule has 1 fully saturated rings. The van der Waals surface area contributed by atoms with Gasteiger partial charge >= 0.3 is 6.03 Å². The van der Waals surface area contributed by atoms with Crippen molar-refractivity contribution < 1.29 is 4.79 Å². The molecule has 2 aromatic rings. The lowest BCUT2D eigenvalue weighted by Crippen LogP contribution is -2.37. The van der Waals surface area contributed by atoms with E-state index in [0.717, 1.165) is 18.2 Å². The number of anilines is 2. The van der Waals surface area contributed by atoms with Gasteiger partial charge in [-0.05, 0) is 37.3 Å². The number of fused-ring (bicyclic) bond motifs is 1. The van der Waals surface area contributed by atoms with Crippen molar-refractivity contribution in [3.8, 4) is 0 Å². The highest BCUT2D eigenvalue weighted by atomic mass is 16.2. The normalized spacial score (nSPS) is 18.5. The molecule has 1 aromatic heterocycles. The van der Waals surface area contributed by atoms with Crippen molar-refractivity contribution in [2.45, 2.75) is 32.4 Å². The van der Waals surface area contributed by atoms with Gasteiger partial charge in [0, 0.05) is 38.6 Å². The van der Waals surface area contributed by atoms with Gasteiger partial charge < -0.3 is 15.1 Å². The third-order valence-corrected chi connectivity index (χ3v) is 5.33. The van der Waals surface area contributed by atoms with Crippen molar-refractivity contribution in [1.29, 1.82) is 0 Å². The van der Waals surface area contributed by atoms with Crippen molar-refractivity contribution in [3.63, 3.8) is 0 Å². The first-order chi connectivity index (χ1) is 12.1. The number of amides is 2. The van der Waals surface area contributed by atoms with E-state index in [4.69, 9.17) is 0 Å². The van der Waals surface area contributed by atoms with E-state index in [-0.39, 0.29) is 6.03 Å². The fourth-order valence-electron chi connectivity index (χ4n) is 3.49. The molecule has 1 saturated carbocycles. The van der Waals surface area contributed by atoms with Crippen molar-refractivity contribution in [1.82, 2.24) is 14.7 Å². The van der Waals surface area contributed by atoms with Crippen LogP contribution in [0.4, 0.5) is 16.2 Å². The zero-order valence-corrected chi connectivity index (χ0v) is 14.9. The van der Waals surface area contributed by atoms with Crippen molar-refractivity contribution in [2.75, 3.05) is 30.4 Å². The number of para-hydroxylation sites is 1. The molecule has 0 saturated heterocycles. The number of carbonyl (C=O) groups excluding carboxylic acids is 1. The molecule has 0 bridgehead atoms. The molecule has 0 radical (unpaired) electrons. The van der Waals surface area contributed by atoms with Crippen LogP contribution in [0.2, 0.25) is 0 Å². The molecule has 1 aliphatic heterocycles. The predicted octanol–water partition coefficient (Wildman–Crippen LogP) is 3.34. The van der Waals surface area contributed by atoms with Gasteiger partial charge in [0.25, 0.3) is 0 Å². The number of rotatable bonds is 3. The van der Waals surface area contributed by atoms with E-state index >= 15 is 0 Å². The standard InChI is InChI=1S/C19H25N5O/c1-14(15-7-8-15)24-13-17(11-20-24)21-19(25)23-10-9-22(2)18-6-4-3-5-16(18)12-23/h3-6,11,13-15H,7-10,12H2,1-2H3,(H,21,25)/t14-/m0/s1. The second-order valence-electron chi connectivity index (χ2n) is 7.19. The molecule has 25 heavy (non-hydrogen) atoms. The Hall–Kier alpha value is -2.50. The third-order valence-electron chi connectivity index (χ3n) is 5.33. The van der Waals surface area contributed by atoms with Crippen LogP contribution in [0.25, 0.3) is 0 Å². The Morgan fingerprint density at radius 3 is 2.88 bits per heavy atom. The summed E-state index contributed by atoms with van der Waals surface area (Å²) < 4.78 is 1.97. The molecule has 1 aromatic carbocycles. The van der Waals surface area contributed by atoms with E-state index in [9.17, 15) is 4.79 Å². The van der Waals surface area contributed by atoms with Gasteiger partial charge in [0.15, 0.2) is 0 Å². The lowest BCUT2D eigenvalue weighted by molar-refractivity contribution is 0.212. The number of carbonyl (C=O) groups is 1. The van der Waals surface area contributed by atoms with E-state index in [1.807, 2.05) is 27.9 Å². The molecule has 4 rings (SSSR count). The second kappa shape index (κ2) is 6.43. The largest absolute Gasteiger partial charge is 0.373 e. The van der Waals surface area contributed by atoms with Gasteiger partial charge in [0.1, 0.15) is 0 Å². The van der Waals surface area contributed by atoms with Gasteiger partial charge in [-0.3, -0.25) is 4.68 Å². The molecule has 1 atom stereocenters. The summed E-state index contributed by atoms with van der Waals surface area (Å²) in [5.74, 6) is 0.737. The number of nitrogens with zero attached hydrogens (tertiary/aromatic N) is 4. The third kappa shape index (κ3) is 3.34. The summed E-state index contributed by atoms with van der Waals surface area (Å²) in [6.45, 7) is 4.34. The molecule has 0 spiro atoms. The number of aromatic nitrogens is 2. The highest BCUT2D eigenvalue weighted by molar-refractivity contribution is 5.89. The van der Waals surface area contributed by atoms with Crippen molar-refractivity contribution in [2.24, 2.45) is 5.92 Å². The Balaban J connectivity index is 1.44. The van der Waals surface area contributed by atoms with Gasteiger partial charge in [0.2, 0.25) is 0 Å². The number of likely N-dealkylation sites (N-methyl/N-ethyl adjacent to an activating group) is 1. The number of hydrogen-bond acceptors (Lipinski definition) is 3. The summed E-state index contributed by atoms with van der Waals surface area (Å²) in [7, 11) is 2.07. The van der Waals surface area contributed by atoms with E-state index in [1.165, 1.54) is 24.1 Å². The Morgan fingerprint density at radius 1 is 1.28 bits per heavy atom. The summed E-state index contributed by atoms with van der Waals surface area (Å²) in [4.78, 5) is 16.8. The van der Waals surface area contributed by atoms with E-state index in [2.05, 4.69) is 41.4 Å². The summed E-state index contributed by atoms with van der Waals surface area (Å²) >= 11 is 0. The maximum Gasteiger partial charge on any atom is 0.322 e. The lowest BCUT2D eigenvalue weighted by atomic mass is 10.1. The summed E-state index contributed by atoms with van der Waals surface area (Å²) in [6.07, 6.45) is 6.25. The molecule has 132 valence electrons. The zero-order chi connectivity index (χ0) is 17.4. The summed E-state index contributed by atoms with van der Waals surface area (Å²) in [5, 5.41) is 7.42. The molecule has 0 unspecified atom stereocenters.